The molecule has 2 N–H and O–H groups in total. The molecule has 144 valence electrons. The molecule has 0 spiro atoms. The van der Waals surface area contributed by atoms with Crippen LogP contribution in [0.5, 0.6) is 0 Å². The first-order valence-electron chi connectivity index (χ1n) is 10.5. The molecule has 0 radical (unpaired) electrons. The van der Waals surface area contributed by atoms with E-state index >= 15 is 0 Å². The second-order valence-electron chi connectivity index (χ2n) is 8.43. The van der Waals surface area contributed by atoms with Crippen molar-refractivity contribution in [3.63, 3.8) is 0 Å². The van der Waals surface area contributed by atoms with Gasteiger partial charge in [0.1, 0.15) is 0 Å². The smallest absolute Gasteiger partial charge is 0.220 e. The lowest BCUT2D eigenvalue weighted by Gasteiger charge is -2.48. The Morgan fingerprint density at radius 3 is 2.56 bits per heavy atom. The fourth-order valence-electron chi connectivity index (χ4n) is 5.06. The molecule has 2 aliphatic heterocycles. The number of nitrogens with one attached hydrogen (secondary N) is 2. The molecule has 0 aromatic heterocycles. The van der Waals surface area contributed by atoms with E-state index in [0.717, 1.165) is 25.6 Å². The Kier molecular flexibility index (Phi) is 7.50. The molecule has 1 atom stereocenters. The van der Waals surface area contributed by atoms with Gasteiger partial charge in [0, 0.05) is 43.1 Å². The topological polar surface area (TPSA) is 44.4 Å². The van der Waals surface area contributed by atoms with Crippen LogP contribution in [-0.2, 0) is 4.79 Å². The molecule has 0 aromatic carbocycles. The lowest BCUT2D eigenvalue weighted by molar-refractivity contribution is -0.123. The normalized spacial score (nSPS) is 26.9. The van der Waals surface area contributed by atoms with Gasteiger partial charge in [0.2, 0.25) is 5.91 Å². The molecule has 2 heterocycles. The minimum Gasteiger partial charge on any atom is -0.354 e. The summed E-state index contributed by atoms with van der Waals surface area (Å²) in [6.45, 7) is 7.78. The zero-order chi connectivity index (χ0) is 17.5. The molecule has 1 amide bonds. The second kappa shape index (κ2) is 9.61. The Hall–Kier alpha value is -0.260. The van der Waals surface area contributed by atoms with Gasteiger partial charge in [0.25, 0.3) is 0 Å². The number of thioether (sulfide) groups is 1. The van der Waals surface area contributed by atoms with Crippen molar-refractivity contribution in [3.8, 4) is 0 Å². The lowest BCUT2D eigenvalue weighted by atomic mass is 9.79. The third kappa shape index (κ3) is 5.36. The van der Waals surface area contributed by atoms with Gasteiger partial charge in [0.15, 0.2) is 0 Å². The van der Waals surface area contributed by atoms with Gasteiger partial charge in [-0.25, -0.2) is 0 Å². The predicted molar refractivity (Wildman–Crippen MR) is 107 cm³/mol. The lowest BCUT2D eigenvalue weighted by Crippen LogP contribution is -2.59. The highest BCUT2D eigenvalue weighted by molar-refractivity contribution is 7.99. The second-order valence-corrected chi connectivity index (χ2v) is 9.65. The van der Waals surface area contributed by atoms with Crippen LogP contribution in [0.4, 0.5) is 0 Å². The summed E-state index contributed by atoms with van der Waals surface area (Å²) in [5.74, 6) is 4.01. The van der Waals surface area contributed by atoms with E-state index in [-0.39, 0.29) is 11.4 Å². The fraction of sp³-hybridized carbons (Fsp3) is 0.950. The molecule has 2 saturated heterocycles. The molecule has 5 heteroatoms. The van der Waals surface area contributed by atoms with E-state index in [1.165, 1.54) is 69.5 Å². The van der Waals surface area contributed by atoms with Gasteiger partial charge < -0.3 is 10.6 Å². The summed E-state index contributed by atoms with van der Waals surface area (Å²) in [4.78, 5) is 15.3. The third-order valence-corrected chi connectivity index (χ3v) is 7.72. The van der Waals surface area contributed by atoms with Crippen LogP contribution in [-0.4, -0.2) is 60.6 Å². The number of hydrogen-bond acceptors (Lipinski definition) is 4. The number of rotatable bonds is 6. The zero-order valence-electron chi connectivity index (χ0n) is 16.0. The maximum absolute atomic E-state index is 12.6. The Balaban J connectivity index is 1.50. The molecule has 3 aliphatic rings. The van der Waals surface area contributed by atoms with Crippen molar-refractivity contribution < 1.29 is 4.79 Å². The first-order valence-corrected chi connectivity index (χ1v) is 11.7. The van der Waals surface area contributed by atoms with Gasteiger partial charge in [-0.15, -0.1) is 0 Å². The van der Waals surface area contributed by atoms with Gasteiger partial charge in [-0.3, -0.25) is 9.69 Å². The summed E-state index contributed by atoms with van der Waals surface area (Å²) in [7, 11) is 0. The molecule has 3 rings (SSSR count). The average molecular weight is 368 g/mol. The first-order chi connectivity index (χ1) is 12.2. The molecule has 1 aliphatic carbocycles. The number of nitrogens with zero attached hydrogens (tertiary/aromatic N) is 1. The van der Waals surface area contributed by atoms with Crippen molar-refractivity contribution in [2.75, 3.05) is 44.2 Å². The van der Waals surface area contributed by atoms with E-state index in [2.05, 4.69) is 34.2 Å². The number of carbonyl (C=O) groups is 1. The average Bonchev–Trinajstić information content (AvgIpc) is 2.68. The highest BCUT2D eigenvalue weighted by Crippen LogP contribution is 2.35. The number of hydrogen-bond donors (Lipinski definition) is 2. The molecule has 3 fully saturated rings. The van der Waals surface area contributed by atoms with Crippen LogP contribution in [0.15, 0.2) is 0 Å². The summed E-state index contributed by atoms with van der Waals surface area (Å²) in [5, 5.41) is 6.78. The molecule has 4 nitrogen and oxygen atoms in total. The van der Waals surface area contributed by atoms with Gasteiger partial charge in [0.05, 0.1) is 0 Å². The van der Waals surface area contributed by atoms with Crippen molar-refractivity contribution in [3.05, 3.63) is 0 Å². The van der Waals surface area contributed by atoms with E-state index in [9.17, 15) is 4.79 Å². The highest BCUT2D eigenvalue weighted by Gasteiger charge is 2.38. The van der Waals surface area contributed by atoms with Crippen molar-refractivity contribution in [1.29, 1.82) is 0 Å². The standard InChI is InChI=1S/C20H37N3OS/c1-17(18-5-9-21-10-6-18)15-19(24)22-16-20(7-3-2-4-8-20)23-11-13-25-14-12-23/h17-18,21H,2-16H2,1H3,(H,22,24). The van der Waals surface area contributed by atoms with E-state index < -0.39 is 0 Å². The Morgan fingerprint density at radius 2 is 1.88 bits per heavy atom. The van der Waals surface area contributed by atoms with E-state index in [0.29, 0.717) is 12.3 Å². The minimum absolute atomic E-state index is 0.243. The van der Waals surface area contributed by atoms with Crippen molar-refractivity contribution >= 4 is 17.7 Å². The van der Waals surface area contributed by atoms with Crippen LogP contribution in [0.1, 0.15) is 58.3 Å². The Bertz CT molecular complexity index is 413. The summed E-state index contributed by atoms with van der Waals surface area (Å²) in [5.41, 5.74) is 0.243. The monoisotopic (exact) mass is 367 g/mol. The first kappa shape index (κ1) is 19.5. The fourth-order valence-corrected chi connectivity index (χ4v) is 5.96. The molecule has 0 bridgehead atoms. The summed E-state index contributed by atoms with van der Waals surface area (Å²) < 4.78 is 0. The SMILES string of the molecule is CC(CC(=O)NCC1(N2CCSCC2)CCCCC1)C1CCNCC1. The van der Waals surface area contributed by atoms with Crippen molar-refractivity contribution in [1.82, 2.24) is 15.5 Å². The zero-order valence-corrected chi connectivity index (χ0v) is 16.8. The van der Waals surface area contributed by atoms with Crippen LogP contribution in [0.3, 0.4) is 0 Å². The van der Waals surface area contributed by atoms with Crippen LogP contribution < -0.4 is 10.6 Å². The van der Waals surface area contributed by atoms with E-state index in [1.807, 2.05) is 0 Å². The van der Waals surface area contributed by atoms with Gasteiger partial charge in [-0.2, -0.15) is 11.8 Å². The molecular formula is C20H37N3OS. The Morgan fingerprint density at radius 1 is 1.20 bits per heavy atom. The van der Waals surface area contributed by atoms with E-state index in [1.54, 1.807) is 0 Å². The summed E-state index contributed by atoms with van der Waals surface area (Å²) >= 11 is 2.08. The van der Waals surface area contributed by atoms with Gasteiger partial charge in [-0.05, 0) is 50.6 Å². The number of piperidine rings is 1. The minimum atomic E-state index is 0.243. The number of amides is 1. The molecule has 1 unspecified atom stereocenters. The van der Waals surface area contributed by atoms with Crippen molar-refractivity contribution in [2.24, 2.45) is 11.8 Å². The van der Waals surface area contributed by atoms with Crippen LogP contribution in [0, 0.1) is 11.8 Å². The molecule has 0 aromatic rings. The summed E-state index contributed by atoms with van der Waals surface area (Å²) in [6.07, 6.45) is 9.70. The van der Waals surface area contributed by atoms with Crippen LogP contribution >= 0.6 is 11.8 Å². The number of carbonyl (C=O) groups excluding carboxylic acids is 1. The quantitative estimate of drug-likeness (QED) is 0.758. The largest absolute Gasteiger partial charge is 0.354 e. The maximum Gasteiger partial charge on any atom is 0.220 e. The maximum atomic E-state index is 12.6. The van der Waals surface area contributed by atoms with Gasteiger partial charge in [-0.1, -0.05) is 26.2 Å². The van der Waals surface area contributed by atoms with Crippen LogP contribution in [0.25, 0.3) is 0 Å². The highest BCUT2D eigenvalue weighted by atomic mass is 32.2. The predicted octanol–water partition coefficient (Wildman–Crippen LogP) is 2.88. The molecule has 25 heavy (non-hydrogen) atoms. The van der Waals surface area contributed by atoms with Gasteiger partial charge >= 0.3 is 0 Å². The molecular weight excluding hydrogens is 330 g/mol. The third-order valence-electron chi connectivity index (χ3n) is 6.78. The summed E-state index contributed by atoms with van der Waals surface area (Å²) in [6, 6.07) is 0. The Labute approximate surface area is 158 Å². The van der Waals surface area contributed by atoms with E-state index in [4.69, 9.17) is 0 Å². The van der Waals surface area contributed by atoms with Crippen molar-refractivity contribution in [2.45, 2.75) is 63.8 Å². The molecule has 1 saturated carbocycles. The van der Waals surface area contributed by atoms with Crippen LogP contribution in [0.2, 0.25) is 0 Å².